The standard InChI is InChI=1S/C11H10/c1-3-5-7-10(4-2)11-8-6-9-11/h11H,1,4,8H2,2H3. The minimum Gasteiger partial charge on any atom is -0.101 e. The first-order valence-corrected chi connectivity index (χ1v) is 3.75. The van der Waals surface area contributed by atoms with Gasteiger partial charge in [-0.05, 0) is 24.3 Å². The van der Waals surface area contributed by atoms with Crippen molar-refractivity contribution in [1.82, 2.24) is 0 Å². The third-order valence-corrected chi connectivity index (χ3v) is 1.70. The molecule has 0 saturated heterocycles. The lowest BCUT2D eigenvalue weighted by atomic mass is 9.89. The quantitative estimate of drug-likeness (QED) is 0.410. The summed E-state index contributed by atoms with van der Waals surface area (Å²) in [7, 11) is 0. The highest BCUT2D eigenvalue weighted by Crippen LogP contribution is 2.20. The molecule has 0 aliphatic heterocycles. The van der Waals surface area contributed by atoms with Crippen LogP contribution in [0.15, 0.2) is 29.3 Å². The van der Waals surface area contributed by atoms with Crippen LogP contribution in [0.3, 0.4) is 0 Å². The van der Waals surface area contributed by atoms with Crippen LogP contribution in [0.5, 0.6) is 0 Å². The Morgan fingerprint density at radius 1 is 1.73 bits per heavy atom. The number of rotatable bonds is 2. The van der Waals surface area contributed by atoms with Crippen molar-refractivity contribution in [2.45, 2.75) is 19.8 Å². The van der Waals surface area contributed by atoms with E-state index in [1.54, 1.807) is 0 Å². The van der Waals surface area contributed by atoms with E-state index in [1.165, 1.54) is 5.57 Å². The predicted molar refractivity (Wildman–Crippen MR) is 45.9 cm³/mol. The normalized spacial score (nSPS) is 17.7. The fourth-order valence-corrected chi connectivity index (χ4v) is 0.961. The topological polar surface area (TPSA) is 0 Å². The van der Waals surface area contributed by atoms with Crippen molar-refractivity contribution < 1.29 is 0 Å². The smallest absolute Gasteiger partial charge is 0.0602 e. The molecule has 0 aromatic carbocycles. The number of allylic oxidation sites excluding steroid dienone is 1. The zero-order chi connectivity index (χ0) is 8.10. The van der Waals surface area contributed by atoms with Gasteiger partial charge in [0.25, 0.3) is 0 Å². The molecule has 0 aromatic heterocycles. The maximum absolute atomic E-state index is 3.42. The Morgan fingerprint density at radius 2 is 2.45 bits per heavy atom. The van der Waals surface area contributed by atoms with E-state index in [0.717, 1.165) is 12.8 Å². The minimum atomic E-state index is 0.431. The van der Waals surface area contributed by atoms with Crippen LogP contribution in [0, 0.1) is 17.8 Å². The van der Waals surface area contributed by atoms with Gasteiger partial charge < -0.3 is 0 Å². The Balaban J connectivity index is 2.90. The van der Waals surface area contributed by atoms with Gasteiger partial charge in [-0.3, -0.25) is 0 Å². The van der Waals surface area contributed by atoms with Gasteiger partial charge in [-0.2, -0.15) is 0 Å². The molecule has 54 valence electrons. The first-order chi connectivity index (χ1) is 5.38. The van der Waals surface area contributed by atoms with Crippen LogP contribution in [0.2, 0.25) is 0 Å². The van der Waals surface area contributed by atoms with Crippen LogP contribution >= 0.6 is 0 Å². The summed E-state index contributed by atoms with van der Waals surface area (Å²) < 4.78 is 0. The van der Waals surface area contributed by atoms with E-state index in [0.29, 0.717) is 5.92 Å². The lowest BCUT2D eigenvalue weighted by Gasteiger charge is -2.12. The summed E-state index contributed by atoms with van der Waals surface area (Å²) in [5.41, 5.74) is 9.52. The molecule has 1 aliphatic carbocycles. The molecule has 0 radical (unpaired) electrons. The van der Waals surface area contributed by atoms with Gasteiger partial charge in [0, 0.05) is 6.42 Å². The molecule has 1 atom stereocenters. The first-order valence-electron chi connectivity index (χ1n) is 3.75. The summed E-state index contributed by atoms with van der Waals surface area (Å²) in [6.45, 7) is 5.53. The average molecular weight is 142 g/mol. The molecule has 0 bridgehead atoms. The zero-order valence-corrected chi connectivity index (χ0v) is 6.70. The molecule has 0 heteroatoms. The third kappa shape index (κ3) is 1.78. The highest BCUT2D eigenvalue weighted by Gasteiger charge is 2.12. The lowest BCUT2D eigenvalue weighted by Crippen LogP contribution is -2.05. The van der Waals surface area contributed by atoms with Crippen molar-refractivity contribution in [3.8, 4) is 11.8 Å². The average Bonchev–Trinajstić information content (AvgIpc) is 1.93. The Morgan fingerprint density at radius 3 is 2.82 bits per heavy atom. The molecule has 0 spiro atoms. The van der Waals surface area contributed by atoms with Gasteiger partial charge in [-0.25, -0.2) is 0 Å². The Kier molecular flexibility index (Phi) is 2.62. The van der Waals surface area contributed by atoms with Crippen molar-refractivity contribution in [2.75, 3.05) is 0 Å². The van der Waals surface area contributed by atoms with E-state index >= 15 is 0 Å². The Hall–Kier alpha value is -1.36. The maximum atomic E-state index is 3.42. The van der Waals surface area contributed by atoms with Crippen molar-refractivity contribution in [1.29, 1.82) is 0 Å². The largest absolute Gasteiger partial charge is 0.101 e. The minimum absolute atomic E-state index is 0.431. The van der Waals surface area contributed by atoms with Crippen molar-refractivity contribution >= 4 is 0 Å². The second-order valence-corrected chi connectivity index (χ2v) is 2.38. The van der Waals surface area contributed by atoms with Crippen LogP contribution < -0.4 is 0 Å². The summed E-state index contributed by atoms with van der Waals surface area (Å²) in [5, 5.41) is 0. The summed E-state index contributed by atoms with van der Waals surface area (Å²) in [4.78, 5) is 0. The van der Waals surface area contributed by atoms with Crippen molar-refractivity contribution in [3.63, 3.8) is 0 Å². The molecule has 11 heavy (non-hydrogen) atoms. The molecule has 0 heterocycles. The van der Waals surface area contributed by atoms with Crippen LogP contribution in [-0.2, 0) is 0 Å². The van der Waals surface area contributed by atoms with Gasteiger partial charge in [0.15, 0.2) is 0 Å². The Bertz CT molecular complexity index is 317. The van der Waals surface area contributed by atoms with E-state index in [9.17, 15) is 0 Å². The van der Waals surface area contributed by atoms with Gasteiger partial charge in [-0.15, -0.1) is 5.92 Å². The molecule has 0 fully saturated rings. The summed E-state index contributed by atoms with van der Waals surface area (Å²) in [5.74, 6) is 6.48. The summed E-state index contributed by atoms with van der Waals surface area (Å²) >= 11 is 0. The Labute approximate surface area is 67.6 Å². The fraction of sp³-hybridized carbons (Fsp3) is 0.364. The molecule has 1 aliphatic rings. The molecule has 1 rings (SSSR count). The first kappa shape index (κ1) is 7.74. The molecule has 0 aromatic rings. The van der Waals surface area contributed by atoms with E-state index in [1.807, 2.05) is 0 Å². The molecule has 1 unspecified atom stereocenters. The van der Waals surface area contributed by atoms with Crippen molar-refractivity contribution in [3.05, 3.63) is 29.3 Å². The highest BCUT2D eigenvalue weighted by atomic mass is 14.1. The molecule has 0 N–H and O–H groups in total. The van der Waals surface area contributed by atoms with Crippen LogP contribution in [-0.4, -0.2) is 0 Å². The lowest BCUT2D eigenvalue weighted by molar-refractivity contribution is 0.744. The molecular formula is C11H10. The van der Waals surface area contributed by atoms with Crippen molar-refractivity contribution in [2.24, 2.45) is 5.92 Å². The predicted octanol–water partition coefficient (Wildman–Crippen LogP) is 2.44. The molecular weight excluding hydrogens is 132 g/mol. The maximum Gasteiger partial charge on any atom is 0.0602 e. The van der Waals surface area contributed by atoms with Crippen LogP contribution in [0.1, 0.15) is 19.8 Å². The van der Waals surface area contributed by atoms with Crippen LogP contribution in [0.4, 0.5) is 0 Å². The van der Waals surface area contributed by atoms with Gasteiger partial charge in [0.05, 0.1) is 5.92 Å². The SMILES string of the molecule is C=C=C=C=C(CC)C1C#CC1. The number of hydrogen-bond acceptors (Lipinski definition) is 0. The van der Waals surface area contributed by atoms with E-state index in [2.05, 4.69) is 42.5 Å². The van der Waals surface area contributed by atoms with E-state index in [4.69, 9.17) is 0 Å². The third-order valence-electron chi connectivity index (χ3n) is 1.70. The van der Waals surface area contributed by atoms with Gasteiger partial charge in [0.2, 0.25) is 0 Å². The monoisotopic (exact) mass is 142 g/mol. The fourth-order valence-electron chi connectivity index (χ4n) is 0.961. The van der Waals surface area contributed by atoms with Gasteiger partial charge >= 0.3 is 0 Å². The van der Waals surface area contributed by atoms with E-state index in [-0.39, 0.29) is 0 Å². The van der Waals surface area contributed by atoms with E-state index < -0.39 is 0 Å². The summed E-state index contributed by atoms with van der Waals surface area (Å²) in [6, 6.07) is 0. The molecule has 0 amide bonds. The van der Waals surface area contributed by atoms with Gasteiger partial charge in [-0.1, -0.05) is 24.3 Å². The highest BCUT2D eigenvalue weighted by molar-refractivity contribution is 5.28. The molecule has 0 nitrogen and oxygen atoms in total. The van der Waals surface area contributed by atoms with Gasteiger partial charge in [0.1, 0.15) is 0 Å². The second kappa shape index (κ2) is 3.72. The second-order valence-electron chi connectivity index (χ2n) is 2.38. The summed E-state index contributed by atoms with van der Waals surface area (Å²) in [6.07, 6.45) is 1.98. The molecule has 0 saturated carbocycles. The van der Waals surface area contributed by atoms with Crippen LogP contribution in [0.25, 0.3) is 0 Å². The zero-order valence-electron chi connectivity index (χ0n) is 6.70. The number of hydrogen-bond donors (Lipinski definition) is 0.